The van der Waals surface area contributed by atoms with E-state index in [0.29, 0.717) is 13.0 Å². The molecule has 0 unspecified atom stereocenters. The van der Waals surface area contributed by atoms with Crippen LogP contribution in [0.5, 0.6) is 0 Å². The molecule has 0 rings (SSSR count). The highest BCUT2D eigenvalue weighted by Crippen LogP contribution is 1.89. The first-order chi connectivity index (χ1) is 8.60. The van der Waals surface area contributed by atoms with Gasteiger partial charge in [-0.05, 0) is 6.92 Å². The number of amides is 1. The van der Waals surface area contributed by atoms with Gasteiger partial charge in [0.05, 0.1) is 20.3 Å². The van der Waals surface area contributed by atoms with Gasteiger partial charge in [0.2, 0.25) is 0 Å². The van der Waals surface area contributed by atoms with Crippen molar-refractivity contribution in [1.29, 1.82) is 0 Å². The summed E-state index contributed by atoms with van der Waals surface area (Å²) in [5.41, 5.74) is 0. The SMILES string of the molecule is CCNC(=O)OCCCOC(=O)/C=C/C(=O)OC. The minimum absolute atomic E-state index is 0.101. The second kappa shape index (κ2) is 10.1. The van der Waals surface area contributed by atoms with Crippen LogP contribution in [0.1, 0.15) is 13.3 Å². The van der Waals surface area contributed by atoms with Crippen molar-refractivity contribution < 1.29 is 28.6 Å². The molecule has 0 aliphatic rings. The summed E-state index contributed by atoms with van der Waals surface area (Å²) in [5.74, 6) is -1.29. The molecule has 0 aromatic rings. The van der Waals surface area contributed by atoms with Gasteiger partial charge in [0.25, 0.3) is 0 Å². The lowest BCUT2D eigenvalue weighted by atomic mass is 10.4. The molecule has 18 heavy (non-hydrogen) atoms. The summed E-state index contributed by atoms with van der Waals surface area (Å²) in [7, 11) is 1.21. The van der Waals surface area contributed by atoms with E-state index in [1.54, 1.807) is 6.92 Å². The van der Waals surface area contributed by atoms with E-state index in [9.17, 15) is 14.4 Å². The molecule has 1 N–H and O–H groups in total. The molecule has 1 amide bonds. The van der Waals surface area contributed by atoms with E-state index in [-0.39, 0.29) is 13.2 Å². The summed E-state index contributed by atoms with van der Waals surface area (Å²) in [5, 5.41) is 2.45. The quantitative estimate of drug-likeness (QED) is 0.308. The van der Waals surface area contributed by atoms with Crippen molar-refractivity contribution in [1.82, 2.24) is 5.32 Å². The Balaban J connectivity index is 3.55. The standard InChI is InChI=1S/C11H17NO6/c1-3-12-11(15)18-8-4-7-17-10(14)6-5-9(13)16-2/h5-6H,3-4,7-8H2,1-2H3,(H,12,15)/b6-5+. The summed E-state index contributed by atoms with van der Waals surface area (Å²) < 4.78 is 13.8. The number of rotatable bonds is 7. The first kappa shape index (κ1) is 16.0. The Kier molecular flexibility index (Phi) is 8.97. The molecule has 0 aliphatic carbocycles. The zero-order valence-corrected chi connectivity index (χ0v) is 10.4. The number of methoxy groups -OCH3 is 1. The van der Waals surface area contributed by atoms with Crippen molar-refractivity contribution >= 4 is 18.0 Å². The van der Waals surface area contributed by atoms with Crippen LogP contribution in [-0.2, 0) is 23.8 Å². The van der Waals surface area contributed by atoms with Gasteiger partial charge < -0.3 is 19.5 Å². The van der Waals surface area contributed by atoms with E-state index in [2.05, 4.69) is 10.1 Å². The predicted octanol–water partition coefficient (Wildman–Crippen LogP) is 0.395. The minimum atomic E-state index is -0.654. The molecule has 0 saturated heterocycles. The predicted molar refractivity (Wildman–Crippen MR) is 61.8 cm³/mol. The lowest BCUT2D eigenvalue weighted by molar-refractivity contribution is -0.139. The number of hydrogen-bond donors (Lipinski definition) is 1. The fourth-order valence-electron chi connectivity index (χ4n) is 0.844. The fourth-order valence-corrected chi connectivity index (χ4v) is 0.844. The van der Waals surface area contributed by atoms with Crippen LogP contribution in [0.25, 0.3) is 0 Å². The Morgan fingerprint density at radius 3 is 2.28 bits per heavy atom. The van der Waals surface area contributed by atoms with Crippen molar-refractivity contribution in [3.63, 3.8) is 0 Å². The Morgan fingerprint density at radius 1 is 1.06 bits per heavy atom. The molecular weight excluding hydrogens is 242 g/mol. The first-order valence-corrected chi connectivity index (χ1v) is 5.43. The zero-order chi connectivity index (χ0) is 13.8. The third-order valence-electron chi connectivity index (χ3n) is 1.64. The molecule has 7 heteroatoms. The molecular formula is C11H17NO6. The lowest BCUT2D eigenvalue weighted by Crippen LogP contribution is -2.24. The second-order valence-corrected chi connectivity index (χ2v) is 3.04. The third-order valence-corrected chi connectivity index (χ3v) is 1.64. The smallest absolute Gasteiger partial charge is 0.407 e. The van der Waals surface area contributed by atoms with Crippen LogP contribution in [0.2, 0.25) is 0 Å². The van der Waals surface area contributed by atoms with E-state index in [1.165, 1.54) is 7.11 Å². The zero-order valence-electron chi connectivity index (χ0n) is 10.4. The molecule has 0 saturated carbocycles. The summed E-state index contributed by atoms with van der Waals surface area (Å²) in [6.45, 7) is 2.52. The number of carbonyl (C=O) groups is 3. The molecule has 0 atom stereocenters. The molecule has 0 heterocycles. The molecule has 0 fully saturated rings. The monoisotopic (exact) mass is 259 g/mol. The van der Waals surface area contributed by atoms with E-state index in [4.69, 9.17) is 9.47 Å². The van der Waals surface area contributed by atoms with Gasteiger partial charge in [-0.2, -0.15) is 0 Å². The van der Waals surface area contributed by atoms with E-state index < -0.39 is 18.0 Å². The lowest BCUT2D eigenvalue weighted by Gasteiger charge is -2.05. The van der Waals surface area contributed by atoms with Gasteiger partial charge in [0.15, 0.2) is 0 Å². The van der Waals surface area contributed by atoms with Gasteiger partial charge in [-0.15, -0.1) is 0 Å². The molecule has 0 aliphatic heterocycles. The highest BCUT2D eigenvalue weighted by Gasteiger charge is 2.01. The maximum Gasteiger partial charge on any atom is 0.407 e. The van der Waals surface area contributed by atoms with Gasteiger partial charge in [-0.3, -0.25) is 0 Å². The Labute approximate surface area is 105 Å². The molecule has 0 radical (unpaired) electrons. The van der Waals surface area contributed by atoms with Crippen LogP contribution in [0.15, 0.2) is 12.2 Å². The largest absolute Gasteiger partial charge is 0.466 e. The van der Waals surface area contributed by atoms with Crippen LogP contribution in [0.3, 0.4) is 0 Å². The number of esters is 2. The topological polar surface area (TPSA) is 90.9 Å². The molecule has 7 nitrogen and oxygen atoms in total. The Hall–Kier alpha value is -2.05. The van der Waals surface area contributed by atoms with Gasteiger partial charge >= 0.3 is 18.0 Å². The van der Waals surface area contributed by atoms with Crippen molar-refractivity contribution in [2.24, 2.45) is 0 Å². The van der Waals surface area contributed by atoms with Crippen LogP contribution in [0.4, 0.5) is 4.79 Å². The number of ether oxygens (including phenoxy) is 3. The molecule has 0 aromatic heterocycles. The summed E-state index contributed by atoms with van der Waals surface area (Å²) in [6, 6.07) is 0. The van der Waals surface area contributed by atoms with Crippen LogP contribution in [-0.4, -0.2) is 44.9 Å². The molecule has 0 bridgehead atoms. The van der Waals surface area contributed by atoms with Gasteiger partial charge in [-0.1, -0.05) is 0 Å². The van der Waals surface area contributed by atoms with E-state index >= 15 is 0 Å². The maximum absolute atomic E-state index is 11.0. The van der Waals surface area contributed by atoms with Crippen LogP contribution < -0.4 is 5.32 Å². The van der Waals surface area contributed by atoms with Gasteiger partial charge in [-0.25, -0.2) is 14.4 Å². The Morgan fingerprint density at radius 2 is 1.67 bits per heavy atom. The highest BCUT2D eigenvalue weighted by atomic mass is 16.6. The van der Waals surface area contributed by atoms with Crippen molar-refractivity contribution in [2.45, 2.75) is 13.3 Å². The molecule has 0 aromatic carbocycles. The van der Waals surface area contributed by atoms with Crippen LogP contribution >= 0.6 is 0 Å². The van der Waals surface area contributed by atoms with E-state index in [1.807, 2.05) is 0 Å². The number of hydrogen-bond acceptors (Lipinski definition) is 6. The summed E-state index contributed by atoms with van der Waals surface area (Å²) in [6.07, 6.45) is 1.81. The third kappa shape index (κ3) is 9.20. The van der Waals surface area contributed by atoms with Gasteiger partial charge in [0.1, 0.15) is 0 Å². The second-order valence-electron chi connectivity index (χ2n) is 3.04. The van der Waals surface area contributed by atoms with Crippen molar-refractivity contribution in [3.8, 4) is 0 Å². The van der Waals surface area contributed by atoms with E-state index in [0.717, 1.165) is 12.2 Å². The number of nitrogens with one attached hydrogen (secondary N) is 1. The average Bonchev–Trinajstić information content (AvgIpc) is 2.35. The Bertz CT molecular complexity index is 313. The highest BCUT2D eigenvalue weighted by molar-refractivity contribution is 5.91. The number of alkyl carbamates (subject to hydrolysis) is 1. The average molecular weight is 259 g/mol. The molecule has 0 spiro atoms. The normalized spacial score (nSPS) is 9.89. The van der Waals surface area contributed by atoms with Crippen molar-refractivity contribution in [3.05, 3.63) is 12.2 Å². The number of carbonyl (C=O) groups excluding carboxylic acids is 3. The van der Waals surface area contributed by atoms with Gasteiger partial charge in [0, 0.05) is 25.1 Å². The molecule has 102 valence electrons. The fraction of sp³-hybridized carbons (Fsp3) is 0.545. The first-order valence-electron chi connectivity index (χ1n) is 5.43. The summed E-state index contributed by atoms with van der Waals surface area (Å²) in [4.78, 5) is 32.5. The van der Waals surface area contributed by atoms with Crippen LogP contribution in [0, 0.1) is 0 Å². The maximum atomic E-state index is 11.0. The van der Waals surface area contributed by atoms with Crippen molar-refractivity contribution in [2.75, 3.05) is 26.9 Å². The summed E-state index contributed by atoms with van der Waals surface area (Å²) >= 11 is 0. The minimum Gasteiger partial charge on any atom is -0.466 e.